The molecule has 0 unspecified atom stereocenters. The maximum atomic E-state index is 12.3. The fourth-order valence-corrected chi connectivity index (χ4v) is 3.91. The number of nitrogens with one attached hydrogen (secondary N) is 1. The second-order valence-corrected chi connectivity index (χ2v) is 8.02. The molecule has 1 amide bonds. The maximum Gasteiger partial charge on any atom is 0.251 e. The third kappa shape index (κ3) is 6.58. The van der Waals surface area contributed by atoms with Crippen molar-refractivity contribution in [1.82, 2.24) is 14.9 Å². The van der Waals surface area contributed by atoms with Crippen LogP contribution in [0.25, 0.3) is 11.0 Å². The average molecular weight is 422 g/mol. The Morgan fingerprint density at radius 3 is 2.48 bits per heavy atom. The van der Waals surface area contributed by atoms with E-state index < -0.39 is 0 Å². The van der Waals surface area contributed by atoms with E-state index in [9.17, 15) is 4.79 Å². The van der Waals surface area contributed by atoms with Crippen molar-refractivity contribution in [1.29, 1.82) is 0 Å². The molecule has 0 aliphatic rings. The Balaban J connectivity index is 1.52. The lowest BCUT2D eigenvalue weighted by Gasteiger charge is -2.10. The quantitative estimate of drug-likeness (QED) is 0.357. The highest BCUT2D eigenvalue weighted by Gasteiger charge is 2.11. The molecule has 5 heteroatoms. The minimum Gasteiger partial charge on any atom is -0.497 e. The summed E-state index contributed by atoms with van der Waals surface area (Å²) in [5, 5.41) is 3.01. The Morgan fingerprint density at radius 1 is 0.968 bits per heavy atom. The molecule has 0 atom stereocenters. The number of methoxy groups -OCH3 is 1. The maximum absolute atomic E-state index is 12.3. The lowest BCUT2D eigenvalue weighted by Crippen LogP contribution is -2.25. The van der Waals surface area contributed by atoms with Crippen molar-refractivity contribution in [2.24, 2.45) is 0 Å². The topological polar surface area (TPSA) is 56.2 Å². The third-order valence-electron chi connectivity index (χ3n) is 5.68. The van der Waals surface area contributed by atoms with Crippen molar-refractivity contribution in [3.63, 3.8) is 0 Å². The highest BCUT2D eigenvalue weighted by molar-refractivity contribution is 5.94. The number of fused-ring (bicyclic) bond motifs is 1. The van der Waals surface area contributed by atoms with Gasteiger partial charge in [0.25, 0.3) is 5.91 Å². The van der Waals surface area contributed by atoms with Crippen molar-refractivity contribution >= 4 is 16.9 Å². The summed E-state index contributed by atoms with van der Waals surface area (Å²) in [6.45, 7) is 3.90. The van der Waals surface area contributed by atoms with E-state index in [0.29, 0.717) is 12.1 Å². The van der Waals surface area contributed by atoms with Crippen molar-refractivity contribution in [3.05, 3.63) is 59.9 Å². The number of hydrogen-bond donors (Lipinski definition) is 1. The van der Waals surface area contributed by atoms with E-state index >= 15 is 0 Å². The van der Waals surface area contributed by atoms with E-state index in [4.69, 9.17) is 9.72 Å². The second kappa shape index (κ2) is 12.1. The van der Waals surface area contributed by atoms with E-state index in [1.807, 2.05) is 6.07 Å². The van der Waals surface area contributed by atoms with Crippen LogP contribution in [0.15, 0.2) is 48.5 Å². The molecule has 1 heterocycles. The van der Waals surface area contributed by atoms with Gasteiger partial charge in [-0.3, -0.25) is 4.79 Å². The van der Waals surface area contributed by atoms with Gasteiger partial charge in [0.05, 0.1) is 18.1 Å². The molecule has 3 rings (SSSR count). The van der Waals surface area contributed by atoms with Crippen molar-refractivity contribution < 1.29 is 9.53 Å². The molecule has 3 aromatic rings. The first-order valence-corrected chi connectivity index (χ1v) is 11.6. The lowest BCUT2D eigenvalue weighted by molar-refractivity contribution is 0.0953. The van der Waals surface area contributed by atoms with Crippen LogP contribution in [0.4, 0.5) is 0 Å². The largest absolute Gasteiger partial charge is 0.497 e. The Kier molecular flexibility index (Phi) is 8.95. The van der Waals surface area contributed by atoms with Crippen molar-refractivity contribution in [2.45, 2.75) is 64.8 Å². The van der Waals surface area contributed by atoms with Crippen LogP contribution >= 0.6 is 0 Å². The van der Waals surface area contributed by atoms with Crippen LogP contribution < -0.4 is 10.1 Å². The predicted molar refractivity (Wildman–Crippen MR) is 127 cm³/mol. The molecule has 0 radical (unpaired) electrons. The zero-order valence-electron chi connectivity index (χ0n) is 18.9. The van der Waals surface area contributed by atoms with Crippen LogP contribution in [0, 0.1) is 0 Å². The molecule has 166 valence electrons. The molecular weight excluding hydrogens is 386 g/mol. The van der Waals surface area contributed by atoms with E-state index in [-0.39, 0.29) is 5.91 Å². The number of ether oxygens (including phenoxy) is 1. The lowest BCUT2D eigenvalue weighted by atomic mass is 10.1. The van der Waals surface area contributed by atoms with Gasteiger partial charge in [0.2, 0.25) is 0 Å². The Morgan fingerprint density at radius 2 is 1.71 bits per heavy atom. The van der Waals surface area contributed by atoms with Gasteiger partial charge in [-0.2, -0.15) is 0 Å². The normalized spacial score (nSPS) is 11.0. The number of para-hydroxylation sites is 2. The Hall–Kier alpha value is -2.82. The van der Waals surface area contributed by atoms with E-state index in [1.165, 1.54) is 44.0 Å². The predicted octanol–water partition coefficient (Wildman–Crippen LogP) is 5.77. The highest BCUT2D eigenvalue weighted by Crippen LogP contribution is 2.19. The van der Waals surface area contributed by atoms with E-state index in [0.717, 1.165) is 36.5 Å². The zero-order valence-corrected chi connectivity index (χ0v) is 18.9. The Bertz CT molecular complexity index is 947. The average Bonchev–Trinajstić information content (AvgIpc) is 3.16. The minimum absolute atomic E-state index is 0.0526. The smallest absolute Gasteiger partial charge is 0.251 e. The number of hydrogen-bond acceptors (Lipinski definition) is 3. The summed E-state index contributed by atoms with van der Waals surface area (Å²) < 4.78 is 7.52. The standard InChI is InChI=1S/C26H35N3O2/c1-3-4-5-6-7-10-20-29-24-13-9-8-12-23(24)28-25(29)14-11-19-27-26(30)21-15-17-22(31-2)18-16-21/h8-9,12-13,15-18H,3-7,10-11,14,19-20H2,1-2H3,(H,27,30). The van der Waals surface area contributed by atoms with Gasteiger partial charge in [0, 0.05) is 25.1 Å². The highest BCUT2D eigenvalue weighted by atomic mass is 16.5. The number of amides is 1. The summed E-state index contributed by atoms with van der Waals surface area (Å²) in [5.41, 5.74) is 2.93. The molecular formula is C26H35N3O2. The number of carbonyl (C=O) groups is 1. The van der Waals surface area contributed by atoms with Gasteiger partial charge in [-0.1, -0.05) is 51.2 Å². The first kappa shape index (κ1) is 22.9. The number of benzene rings is 2. The van der Waals surface area contributed by atoms with Gasteiger partial charge in [-0.05, 0) is 49.2 Å². The van der Waals surface area contributed by atoms with Crippen LogP contribution in [0.2, 0.25) is 0 Å². The SMILES string of the molecule is CCCCCCCCn1c(CCCNC(=O)c2ccc(OC)cc2)nc2ccccc21. The molecule has 1 aromatic heterocycles. The summed E-state index contributed by atoms with van der Waals surface area (Å²) in [6.07, 6.45) is 9.44. The summed E-state index contributed by atoms with van der Waals surface area (Å²) in [4.78, 5) is 17.2. The molecule has 1 N–H and O–H groups in total. The van der Waals surface area contributed by atoms with Crippen molar-refractivity contribution in [2.75, 3.05) is 13.7 Å². The Labute approximate surface area is 185 Å². The number of aromatic nitrogens is 2. The summed E-state index contributed by atoms with van der Waals surface area (Å²) in [6, 6.07) is 15.6. The van der Waals surface area contributed by atoms with E-state index in [2.05, 4.69) is 35.0 Å². The number of unbranched alkanes of at least 4 members (excludes halogenated alkanes) is 5. The van der Waals surface area contributed by atoms with Gasteiger partial charge >= 0.3 is 0 Å². The van der Waals surface area contributed by atoms with Gasteiger partial charge < -0.3 is 14.6 Å². The molecule has 0 aliphatic heterocycles. The number of aryl methyl sites for hydroxylation is 2. The van der Waals surface area contributed by atoms with Crippen LogP contribution in [0.3, 0.4) is 0 Å². The number of imidazole rings is 1. The van der Waals surface area contributed by atoms with Gasteiger partial charge in [-0.15, -0.1) is 0 Å². The van der Waals surface area contributed by atoms with Crippen LogP contribution in [-0.2, 0) is 13.0 Å². The van der Waals surface area contributed by atoms with Crippen molar-refractivity contribution in [3.8, 4) is 5.75 Å². The summed E-state index contributed by atoms with van der Waals surface area (Å²) in [5.74, 6) is 1.82. The second-order valence-electron chi connectivity index (χ2n) is 8.02. The monoisotopic (exact) mass is 421 g/mol. The van der Waals surface area contributed by atoms with Gasteiger partial charge in [-0.25, -0.2) is 4.98 Å². The first-order chi connectivity index (χ1) is 15.2. The summed E-state index contributed by atoms with van der Waals surface area (Å²) >= 11 is 0. The van der Waals surface area contributed by atoms with Gasteiger partial charge in [0.1, 0.15) is 11.6 Å². The van der Waals surface area contributed by atoms with Crippen LogP contribution in [0.5, 0.6) is 5.75 Å². The van der Waals surface area contributed by atoms with Gasteiger partial charge in [0.15, 0.2) is 0 Å². The fourth-order valence-electron chi connectivity index (χ4n) is 3.91. The zero-order chi connectivity index (χ0) is 21.9. The number of nitrogens with zero attached hydrogens (tertiary/aromatic N) is 2. The summed E-state index contributed by atoms with van der Waals surface area (Å²) in [7, 11) is 1.62. The number of rotatable bonds is 13. The molecule has 0 saturated heterocycles. The molecule has 2 aromatic carbocycles. The minimum atomic E-state index is -0.0526. The number of carbonyl (C=O) groups excluding carboxylic acids is 1. The molecule has 0 bridgehead atoms. The van der Waals surface area contributed by atoms with E-state index in [1.54, 1.807) is 31.4 Å². The molecule has 31 heavy (non-hydrogen) atoms. The molecule has 0 spiro atoms. The third-order valence-corrected chi connectivity index (χ3v) is 5.68. The molecule has 5 nitrogen and oxygen atoms in total. The van der Waals surface area contributed by atoms with Crippen LogP contribution in [0.1, 0.15) is 68.1 Å². The molecule has 0 saturated carbocycles. The molecule has 0 fully saturated rings. The van der Waals surface area contributed by atoms with Crippen LogP contribution in [-0.4, -0.2) is 29.1 Å². The molecule has 0 aliphatic carbocycles. The first-order valence-electron chi connectivity index (χ1n) is 11.6. The fraction of sp³-hybridized carbons (Fsp3) is 0.462.